The lowest BCUT2D eigenvalue weighted by molar-refractivity contribution is -0.152. The maximum Gasteiger partial charge on any atom is 0.416 e. The van der Waals surface area contributed by atoms with E-state index < -0.39 is 42.2 Å². The van der Waals surface area contributed by atoms with E-state index in [-0.39, 0.29) is 5.56 Å². The smallest absolute Gasteiger partial charge is 0.416 e. The number of alkyl halides is 3. The minimum atomic E-state index is -4.51. The summed E-state index contributed by atoms with van der Waals surface area (Å²) in [5.74, 6) is -2.15. The molecule has 0 aliphatic rings. The molecule has 0 saturated carbocycles. The number of benzene rings is 2. The van der Waals surface area contributed by atoms with Gasteiger partial charge in [0, 0.05) is 11.3 Å². The predicted molar refractivity (Wildman–Crippen MR) is 99.1 cm³/mol. The molecule has 2 aromatic rings. The van der Waals surface area contributed by atoms with E-state index in [9.17, 15) is 27.6 Å². The molecule has 1 atom stereocenters. The zero-order chi connectivity index (χ0) is 21.6. The molecule has 0 aliphatic carbocycles. The van der Waals surface area contributed by atoms with Crippen molar-refractivity contribution in [1.29, 1.82) is 0 Å². The first kappa shape index (κ1) is 21.9. The molecule has 2 rings (SSSR count). The third kappa shape index (κ3) is 6.63. The zero-order valence-corrected chi connectivity index (χ0v) is 15.7. The van der Waals surface area contributed by atoms with Gasteiger partial charge >= 0.3 is 12.1 Å². The molecule has 29 heavy (non-hydrogen) atoms. The second-order valence-electron chi connectivity index (χ2n) is 6.25. The average molecular weight is 408 g/mol. The van der Waals surface area contributed by atoms with Crippen molar-refractivity contribution < 1.29 is 32.3 Å². The maximum atomic E-state index is 12.5. The minimum Gasteiger partial charge on any atom is -0.451 e. The number of aryl methyl sites for hydroxylation is 1. The van der Waals surface area contributed by atoms with Crippen molar-refractivity contribution in [3.63, 3.8) is 0 Å². The molecular formula is C20H19F3N2O4. The first-order valence-electron chi connectivity index (χ1n) is 8.59. The number of ether oxygens (including phenoxy) is 1. The molecule has 154 valence electrons. The van der Waals surface area contributed by atoms with Gasteiger partial charge in [-0.3, -0.25) is 14.4 Å². The molecule has 9 heteroatoms. The SMILES string of the molecule is Cc1ccc(NC(=O)[C@H](C)OC(=O)CNC(=O)c2ccc(C(F)(F)F)cc2)cc1. The standard InChI is InChI=1S/C20H19F3N2O4/c1-12-3-9-16(10-4-12)25-18(27)13(2)29-17(26)11-24-19(28)14-5-7-15(8-6-14)20(21,22)23/h3-10,13H,11H2,1-2H3,(H,24,28)(H,25,27)/t13-/m0/s1. The number of hydrogen-bond acceptors (Lipinski definition) is 4. The predicted octanol–water partition coefficient (Wildman–Crippen LogP) is 3.31. The Kier molecular flexibility index (Phi) is 6.98. The van der Waals surface area contributed by atoms with E-state index in [0.29, 0.717) is 5.69 Å². The molecule has 0 heterocycles. The Morgan fingerprint density at radius 2 is 1.59 bits per heavy atom. The molecular weight excluding hydrogens is 389 g/mol. The number of esters is 1. The number of halogens is 3. The van der Waals surface area contributed by atoms with Crippen LogP contribution < -0.4 is 10.6 Å². The third-order valence-corrected chi connectivity index (χ3v) is 3.86. The lowest BCUT2D eigenvalue weighted by Crippen LogP contribution is -2.35. The van der Waals surface area contributed by atoms with Crippen LogP contribution in [0.2, 0.25) is 0 Å². The van der Waals surface area contributed by atoms with Crippen LogP contribution in [0.3, 0.4) is 0 Å². The second-order valence-corrected chi connectivity index (χ2v) is 6.25. The van der Waals surface area contributed by atoms with E-state index in [1.165, 1.54) is 6.92 Å². The van der Waals surface area contributed by atoms with Gasteiger partial charge in [0.1, 0.15) is 6.54 Å². The summed E-state index contributed by atoms with van der Waals surface area (Å²) in [7, 11) is 0. The Balaban J connectivity index is 1.81. The Morgan fingerprint density at radius 1 is 1.00 bits per heavy atom. The second kappa shape index (κ2) is 9.22. The first-order valence-corrected chi connectivity index (χ1v) is 8.59. The molecule has 0 aromatic heterocycles. The van der Waals surface area contributed by atoms with Gasteiger partial charge in [-0.15, -0.1) is 0 Å². The van der Waals surface area contributed by atoms with Crippen molar-refractivity contribution in [3.8, 4) is 0 Å². The first-order chi connectivity index (χ1) is 13.6. The van der Waals surface area contributed by atoms with Crippen LogP contribution in [0.15, 0.2) is 48.5 Å². The van der Waals surface area contributed by atoms with E-state index in [1.807, 2.05) is 19.1 Å². The van der Waals surface area contributed by atoms with Gasteiger partial charge in [0.15, 0.2) is 6.10 Å². The number of carbonyl (C=O) groups excluding carboxylic acids is 3. The number of amides is 2. The van der Waals surface area contributed by atoms with Crippen molar-refractivity contribution in [1.82, 2.24) is 5.32 Å². The number of hydrogen-bond donors (Lipinski definition) is 2. The molecule has 0 saturated heterocycles. The highest BCUT2D eigenvalue weighted by molar-refractivity contribution is 5.97. The molecule has 6 nitrogen and oxygen atoms in total. The van der Waals surface area contributed by atoms with Gasteiger partial charge < -0.3 is 15.4 Å². The number of carbonyl (C=O) groups is 3. The van der Waals surface area contributed by atoms with Crippen LogP contribution in [0.1, 0.15) is 28.4 Å². The largest absolute Gasteiger partial charge is 0.451 e. The fourth-order valence-electron chi connectivity index (χ4n) is 2.24. The Bertz CT molecular complexity index is 878. The molecule has 0 bridgehead atoms. The van der Waals surface area contributed by atoms with Crippen molar-refractivity contribution in [2.75, 3.05) is 11.9 Å². The van der Waals surface area contributed by atoms with Crippen LogP contribution in [0.4, 0.5) is 18.9 Å². The Labute approximate surface area is 165 Å². The summed E-state index contributed by atoms with van der Waals surface area (Å²) in [5, 5.41) is 4.82. The fraction of sp³-hybridized carbons (Fsp3) is 0.250. The monoisotopic (exact) mass is 408 g/mol. The van der Waals surface area contributed by atoms with Gasteiger partial charge in [-0.1, -0.05) is 17.7 Å². The van der Waals surface area contributed by atoms with Gasteiger partial charge in [0.25, 0.3) is 11.8 Å². The molecule has 2 aromatic carbocycles. The number of anilines is 1. The summed E-state index contributed by atoms with van der Waals surface area (Å²) in [5.41, 5.74) is 0.628. The molecule has 0 unspecified atom stereocenters. The highest BCUT2D eigenvalue weighted by Gasteiger charge is 2.30. The van der Waals surface area contributed by atoms with Crippen molar-refractivity contribution in [2.24, 2.45) is 0 Å². The van der Waals surface area contributed by atoms with Crippen LogP contribution in [-0.2, 0) is 20.5 Å². The molecule has 0 spiro atoms. The maximum absolute atomic E-state index is 12.5. The number of nitrogens with one attached hydrogen (secondary N) is 2. The summed E-state index contributed by atoms with van der Waals surface area (Å²) >= 11 is 0. The lowest BCUT2D eigenvalue weighted by atomic mass is 10.1. The summed E-state index contributed by atoms with van der Waals surface area (Å²) in [4.78, 5) is 35.8. The minimum absolute atomic E-state index is 0.0454. The van der Waals surface area contributed by atoms with Crippen LogP contribution >= 0.6 is 0 Å². The highest BCUT2D eigenvalue weighted by Crippen LogP contribution is 2.29. The van der Waals surface area contributed by atoms with E-state index in [2.05, 4.69) is 10.6 Å². The van der Waals surface area contributed by atoms with Crippen molar-refractivity contribution >= 4 is 23.5 Å². The summed E-state index contributed by atoms with van der Waals surface area (Å²) in [6, 6.07) is 10.6. The van der Waals surface area contributed by atoms with Crippen molar-refractivity contribution in [3.05, 3.63) is 65.2 Å². The van der Waals surface area contributed by atoms with Crippen LogP contribution in [-0.4, -0.2) is 30.4 Å². The molecule has 2 N–H and O–H groups in total. The Hall–Kier alpha value is -3.36. The van der Waals surface area contributed by atoms with E-state index >= 15 is 0 Å². The van der Waals surface area contributed by atoms with E-state index in [4.69, 9.17) is 4.74 Å². The van der Waals surface area contributed by atoms with Gasteiger partial charge in [-0.05, 0) is 50.2 Å². The highest BCUT2D eigenvalue weighted by atomic mass is 19.4. The Morgan fingerprint density at radius 3 is 2.14 bits per heavy atom. The molecule has 0 aliphatic heterocycles. The topological polar surface area (TPSA) is 84.5 Å². The van der Waals surface area contributed by atoms with Gasteiger partial charge in [-0.25, -0.2) is 0 Å². The molecule has 0 radical (unpaired) electrons. The quantitative estimate of drug-likeness (QED) is 0.719. The van der Waals surface area contributed by atoms with E-state index in [0.717, 1.165) is 29.8 Å². The fourth-order valence-corrected chi connectivity index (χ4v) is 2.24. The number of rotatable bonds is 6. The third-order valence-electron chi connectivity index (χ3n) is 3.86. The van der Waals surface area contributed by atoms with Crippen LogP contribution in [0.5, 0.6) is 0 Å². The van der Waals surface area contributed by atoms with E-state index in [1.54, 1.807) is 12.1 Å². The van der Waals surface area contributed by atoms with Gasteiger partial charge in [0.05, 0.1) is 5.56 Å². The summed E-state index contributed by atoms with van der Waals surface area (Å²) in [6.07, 6.45) is -5.61. The van der Waals surface area contributed by atoms with Crippen molar-refractivity contribution in [2.45, 2.75) is 26.1 Å². The summed E-state index contributed by atoms with van der Waals surface area (Å²) in [6.45, 7) is 2.73. The molecule has 0 fully saturated rings. The van der Waals surface area contributed by atoms with Crippen LogP contribution in [0, 0.1) is 6.92 Å². The molecule has 2 amide bonds. The normalized spacial score (nSPS) is 12.0. The van der Waals surface area contributed by atoms with Gasteiger partial charge in [-0.2, -0.15) is 13.2 Å². The lowest BCUT2D eigenvalue weighted by Gasteiger charge is -2.14. The zero-order valence-electron chi connectivity index (χ0n) is 15.7. The average Bonchev–Trinajstić information content (AvgIpc) is 2.67. The van der Waals surface area contributed by atoms with Crippen LogP contribution in [0.25, 0.3) is 0 Å². The summed E-state index contributed by atoms with van der Waals surface area (Å²) < 4.78 is 42.5. The van der Waals surface area contributed by atoms with Gasteiger partial charge in [0.2, 0.25) is 0 Å².